The van der Waals surface area contributed by atoms with Crippen molar-refractivity contribution in [3.8, 4) is 0 Å². The Labute approximate surface area is 102 Å². The van der Waals surface area contributed by atoms with Gasteiger partial charge < -0.3 is 10.4 Å². The van der Waals surface area contributed by atoms with E-state index in [9.17, 15) is 9.90 Å². The maximum Gasteiger partial charge on any atom is 0.339 e. The highest BCUT2D eigenvalue weighted by atomic mass is 16.4. The average molecular weight is 236 g/mol. The molecule has 1 unspecified atom stereocenters. The third kappa shape index (κ3) is 3.44. The Morgan fingerprint density at radius 3 is 2.71 bits per heavy atom. The molecule has 0 saturated carbocycles. The van der Waals surface area contributed by atoms with E-state index in [1.165, 1.54) is 0 Å². The van der Waals surface area contributed by atoms with Crippen LogP contribution in [0.5, 0.6) is 0 Å². The van der Waals surface area contributed by atoms with Crippen LogP contribution in [0, 0.1) is 19.8 Å². The predicted octanol–water partition coefficient (Wildman–Crippen LogP) is 2.85. The Bertz CT molecular complexity index is 416. The summed E-state index contributed by atoms with van der Waals surface area (Å²) in [4.78, 5) is 15.5. The minimum absolute atomic E-state index is 0.277. The van der Waals surface area contributed by atoms with Crippen LogP contribution in [0.4, 0.5) is 5.82 Å². The van der Waals surface area contributed by atoms with Crippen LogP contribution >= 0.6 is 0 Å². The molecule has 0 bridgehead atoms. The van der Waals surface area contributed by atoms with Gasteiger partial charge in [0, 0.05) is 12.2 Å². The topological polar surface area (TPSA) is 62.2 Å². The molecule has 0 aliphatic carbocycles. The van der Waals surface area contributed by atoms with Crippen LogP contribution in [0.15, 0.2) is 6.07 Å². The van der Waals surface area contributed by atoms with Crippen molar-refractivity contribution in [2.75, 3.05) is 11.9 Å². The maximum atomic E-state index is 11.2. The van der Waals surface area contributed by atoms with Crippen LogP contribution in [0.2, 0.25) is 0 Å². The lowest BCUT2D eigenvalue weighted by molar-refractivity contribution is 0.0697. The second-order valence-electron chi connectivity index (χ2n) is 4.50. The Morgan fingerprint density at radius 2 is 2.18 bits per heavy atom. The van der Waals surface area contributed by atoms with Crippen molar-refractivity contribution in [3.63, 3.8) is 0 Å². The molecule has 0 fully saturated rings. The number of pyridine rings is 1. The molecule has 94 valence electrons. The Kier molecular flexibility index (Phi) is 4.49. The third-order valence-corrected chi connectivity index (χ3v) is 2.87. The number of carboxylic acids is 1. The number of hydrogen-bond acceptors (Lipinski definition) is 3. The van der Waals surface area contributed by atoms with Gasteiger partial charge in [-0.15, -0.1) is 0 Å². The van der Waals surface area contributed by atoms with Gasteiger partial charge in [-0.1, -0.05) is 20.3 Å². The van der Waals surface area contributed by atoms with Crippen molar-refractivity contribution in [2.45, 2.75) is 34.1 Å². The fourth-order valence-electron chi connectivity index (χ4n) is 1.65. The molecule has 0 spiro atoms. The standard InChI is InChI=1S/C13H20N2O2/c1-5-8(2)7-14-12-11(13(16)17)9(3)6-10(4)15-12/h6,8H,5,7H2,1-4H3,(H,14,15)(H,16,17). The van der Waals surface area contributed by atoms with Crippen molar-refractivity contribution < 1.29 is 9.90 Å². The van der Waals surface area contributed by atoms with Crippen LogP contribution in [0.1, 0.15) is 41.9 Å². The van der Waals surface area contributed by atoms with Gasteiger partial charge in [0.15, 0.2) is 0 Å². The quantitative estimate of drug-likeness (QED) is 0.825. The third-order valence-electron chi connectivity index (χ3n) is 2.87. The molecule has 1 rings (SSSR count). The van der Waals surface area contributed by atoms with E-state index < -0.39 is 5.97 Å². The van der Waals surface area contributed by atoms with E-state index in [1.807, 2.05) is 6.92 Å². The van der Waals surface area contributed by atoms with Crippen molar-refractivity contribution >= 4 is 11.8 Å². The maximum absolute atomic E-state index is 11.2. The minimum atomic E-state index is -0.929. The van der Waals surface area contributed by atoms with Crippen molar-refractivity contribution in [1.29, 1.82) is 0 Å². The molecule has 0 aromatic carbocycles. The largest absolute Gasteiger partial charge is 0.478 e. The zero-order valence-electron chi connectivity index (χ0n) is 10.9. The summed E-state index contributed by atoms with van der Waals surface area (Å²) >= 11 is 0. The first kappa shape index (κ1) is 13.5. The Balaban J connectivity index is 3.00. The van der Waals surface area contributed by atoms with E-state index in [2.05, 4.69) is 24.1 Å². The van der Waals surface area contributed by atoms with Gasteiger partial charge in [-0.3, -0.25) is 0 Å². The van der Waals surface area contributed by atoms with E-state index in [0.29, 0.717) is 11.7 Å². The number of rotatable bonds is 5. The van der Waals surface area contributed by atoms with Crippen LogP contribution in [0.25, 0.3) is 0 Å². The molecule has 17 heavy (non-hydrogen) atoms. The van der Waals surface area contributed by atoms with E-state index in [4.69, 9.17) is 0 Å². The fraction of sp³-hybridized carbons (Fsp3) is 0.538. The van der Waals surface area contributed by atoms with E-state index in [-0.39, 0.29) is 5.56 Å². The molecule has 0 saturated heterocycles. The summed E-state index contributed by atoms with van der Waals surface area (Å²) < 4.78 is 0. The van der Waals surface area contributed by atoms with Crippen LogP contribution in [-0.4, -0.2) is 22.6 Å². The predicted molar refractivity (Wildman–Crippen MR) is 68.6 cm³/mol. The summed E-state index contributed by atoms with van der Waals surface area (Å²) in [5, 5.41) is 12.3. The van der Waals surface area contributed by atoms with E-state index >= 15 is 0 Å². The van der Waals surface area contributed by atoms with Gasteiger partial charge in [-0.25, -0.2) is 9.78 Å². The van der Waals surface area contributed by atoms with Gasteiger partial charge in [0.05, 0.1) is 0 Å². The lowest BCUT2D eigenvalue weighted by Crippen LogP contribution is -2.16. The van der Waals surface area contributed by atoms with Gasteiger partial charge in [0.1, 0.15) is 11.4 Å². The number of carbonyl (C=O) groups is 1. The molecule has 0 aliphatic rings. The number of nitrogens with zero attached hydrogens (tertiary/aromatic N) is 1. The van der Waals surface area contributed by atoms with Crippen LogP contribution < -0.4 is 5.32 Å². The van der Waals surface area contributed by atoms with Crippen molar-refractivity contribution in [3.05, 3.63) is 22.9 Å². The summed E-state index contributed by atoms with van der Waals surface area (Å²) in [5.74, 6) is 0.0521. The lowest BCUT2D eigenvalue weighted by Gasteiger charge is -2.14. The van der Waals surface area contributed by atoms with E-state index in [0.717, 1.165) is 24.2 Å². The molecule has 4 nitrogen and oxygen atoms in total. The summed E-state index contributed by atoms with van der Waals surface area (Å²) in [6, 6.07) is 1.79. The molecular formula is C13H20N2O2. The molecular weight excluding hydrogens is 216 g/mol. The van der Waals surface area contributed by atoms with Gasteiger partial charge in [-0.05, 0) is 31.4 Å². The average Bonchev–Trinajstić information content (AvgIpc) is 2.24. The van der Waals surface area contributed by atoms with Gasteiger partial charge >= 0.3 is 5.97 Å². The Morgan fingerprint density at radius 1 is 1.53 bits per heavy atom. The summed E-state index contributed by atoms with van der Waals surface area (Å²) in [5.41, 5.74) is 1.86. The van der Waals surface area contributed by atoms with Crippen LogP contribution in [-0.2, 0) is 0 Å². The number of nitrogens with one attached hydrogen (secondary N) is 1. The van der Waals surface area contributed by atoms with Gasteiger partial charge in [0.25, 0.3) is 0 Å². The number of hydrogen-bond donors (Lipinski definition) is 2. The first-order valence-electron chi connectivity index (χ1n) is 5.91. The van der Waals surface area contributed by atoms with Crippen molar-refractivity contribution in [2.24, 2.45) is 5.92 Å². The molecule has 4 heteroatoms. The first-order valence-corrected chi connectivity index (χ1v) is 5.91. The molecule has 1 aromatic heterocycles. The van der Waals surface area contributed by atoms with E-state index in [1.54, 1.807) is 13.0 Å². The highest BCUT2D eigenvalue weighted by Crippen LogP contribution is 2.19. The smallest absolute Gasteiger partial charge is 0.339 e. The monoisotopic (exact) mass is 236 g/mol. The van der Waals surface area contributed by atoms with Gasteiger partial charge in [-0.2, -0.15) is 0 Å². The molecule has 2 N–H and O–H groups in total. The summed E-state index contributed by atoms with van der Waals surface area (Å²) in [6.07, 6.45) is 1.06. The van der Waals surface area contributed by atoms with Gasteiger partial charge in [0.2, 0.25) is 0 Å². The second-order valence-corrected chi connectivity index (χ2v) is 4.50. The van der Waals surface area contributed by atoms with Crippen molar-refractivity contribution in [1.82, 2.24) is 4.98 Å². The number of anilines is 1. The SMILES string of the molecule is CCC(C)CNc1nc(C)cc(C)c1C(=O)O. The molecule has 0 amide bonds. The number of aromatic nitrogens is 1. The molecule has 0 aliphatic heterocycles. The summed E-state index contributed by atoms with van der Waals surface area (Å²) in [7, 11) is 0. The number of aryl methyl sites for hydroxylation is 2. The zero-order valence-corrected chi connectivity index (χ0v) is 10.9. The summed E-state index contributed by atoms with van der Waals surface area (Å²) in [6.45, 7) is 8.64. The number of carboxylic acid groups (broad SMARTS) is 1. The Hall–Kier alpha value is -1.58. The molecule has 1 heterocycles. The normalized spacial score (nSPS) is 12.2. The zero-order chi connectivity index (χ0) is 13.0. The molecule has 0 radical (unpaired) electrons. The minimum Gasteiger partial charge on any atom is -0.478 e. The lowest BCUT2D eigenvalue weighted by atomic mass is 10.1. The second kappa shape index (κ2) is 5.66. The molecule has 1 aromatic rings. The highest BCUT2D eigenvalue weighted by Gasteiger charge is 2.15. The first-order chi connectivity index (χ1) is 7.95. The number of aromatic carboxylic acids is 1. The van der Waals surface area contributed by atoms with Crippen LogP contribution in [0.3, 0.4) is 0 Å². The molecule has 1 atom stereocenters. The highest BCUT2D eigenvalue weighted by molar-refractivity contribution is 5.94. The fourth-order valence-corrected chi connectivity index (χ4v) is 1.65.